The average Bonchev–Trinajstić information content (AvgIpc) is 2.41. The van der Waals surface area contributed by atoms with Crippen LogP contribution in [0.4, 0.5) is 4.39 Å². The van der Waals surface area contributed by atoms with Crippen LogP contribution < -0.4 is 5.32 Å². The number of halogens is 3. The zero-order valence-corrected chi connectivity index (χ0v) is 12.0. The highest BCUT2D eigenvalue weighted by atomic mass is 35.5. The Balaban J connectivity index is 2.23. The lowest BCUT2D eigenvalue weighted by Crippen LogP contribution is -2.19. The Labute approximate surface area is 122 Å². The van der Waals surface area contributed by atoms with Gasteiger partial charge in [0.2, 0.25) is 0 Å². The zero-order valence-electron chi connectivity index (χ0n) is 10.5. The summed E-state index contributed by atoms with van der Waals surface area (Å²) in [6.45, 7) is 0. The molecule has 0 aliphatic carbocycles. The van der Waals surface area contributed by atoms with Gasteiger partial charge in [-0.1, -0.05) is 35.3 Å². The molecule has 0 fully saturated rings. The number of benzene rings is 2. The van der Waals surface area contributed by atoms with E-state index < -0.39 is 0 Å². The fourth-order valence-corrected chi connectivity index (χ4v) is 2.32. The van der Waals surface area contributed by atoms with Crippen LogP contribution in [0, 0.1) is 5.82 Å². The van der Waals surface area contributed by atoms with Crippen LogP contribution in [0.15, 0.2) is 42.5 Å². The molecular formula is C15H14Cl2FN. The van der Waals surface area contributed by atoms with Gasteiger partial charge >= 0.3 is 0 Å². The van der Waals surface area contributed by atoms with Crippen molar-refractivity contribution in [3.05, 3.63) is 69.5 Å². The van der Waals surface area contributed by atoms with Gasteiger partial charge in [0, 0.05) is 16.1 Å². The molecule has 0 aliphatic rings. The average molecular weight is 298 g/mol. The van der Waals surface area contributed by atoms with E-state index in [0.717, 1.165) is 11.1 Å². The molecule has 0 radical (unpaired) electrons. The van der Waals surface area contributed by atoms with E-state index in [4.69, 9.17) is 23.2 Å². The van der Waals surface area contributed by atoms with Crippen LogP contribution in [0.25, 0.3) is 0 Å². The summed E-state index contributed by atoms with van der Waals surface area (Å²) in [5, 5.41) is 4.48. The van der Waals surface area contributed by atoms with Crippen molar-refractivity contribution in [2.45, 2.75) is 12.5 Å². The highest BCUT2D eigenvalue weighted by Crippen LogP contribution is 2.25. The second-order valence-electron chi connectivity index (χ2n) is 4.33. The van der Waals surface area contributed by atoms with Crippen molar-refractivity contribution < 1.29 is 4.39 Å². The molecule has 0 heterocycles. The molecule has 1 N–H and O–H groups in total. The topological polar surface area (TPSA) is 12.0 Å². The van der Waals surface area contributed by atoms with Gasteiger partial charge in [0.1, 0.15) is 5.82 Å². The van der Waals surface area contributed by atoms with Gasteiger partial charge in [-0.3, -0.25) is 0 Å². The van der Waals surface area contributed by atoms with Crippen LogP contribution in [-0.2, 0) is 6.42 Å². The van der Waals surface area contributed by atoms with E-state index in [1.54, 1.807) is 6.07 Å². The van der Waals surface area contributed by atoms with E-state index in [1.165, 1.54) is 12.1 Å². The van der Waals surface area contributed by atoms with Crippen molar-refractivity contribution in [3.63, 3.8) is 0 Å². The second kappa shape index (κ2) is 6.38. The van der Waals surface area contributed by atoms with E-state index >= 15 is 0 Å². The molecule has 0 spiro atoms. The van der Waals surface area contributed by atoms with E-state index in [0.29, 0.717) is 16.5 Å². The molecule has 0 saturated heterocycles. The van der Waals surface area contributed by atoms with Gasteiger partial charge < -0.3 is 5.32 Å². The molecule has 2 aromatic rings. The molecular weight excluding hydrogens is 284 g/mol. The van der Waals surface area contributed by atoms with Gasteiger partial charge in [0.15, 0.2) is 0 Å². The molecule has 2 aromatic carbocycles. The first-order valence-corrected chi connectivity index (χ1v) is 6.72. The van der Waals surface area contributed by atoms with Crippen molar-refractivity contribution >= 4 is 23.2 Å². The van der Waals surface area contributed by atoms with Gasteiger partial charge in [-0.05, 0) is 54.9 Å². The number of hydrogen-bond donors (Lipinski definition) is 1. The fourth-order valence-electron chi connectivity index (χ4n) is 2.00. The molecule has 1 atom stereocenters. The Morgan fingerprint density at radius 1 is 1.11 bits per heavy atom. The van der Waals surface area contributed by atoms with Gasteiger partial charge in [0.25, 0.3) is 0 Å². The number of hydrogen-bond acceptors (Lipinski definition) is 1. The SMILES string of the molecule is CNC(Cc1cc(F)ccc1Cl)c1ccc(Cl)cc1. The summed E-state index contributed by atoms with van der Waals surface area (Å²) in [7, 11) is 1.87. The molecule has 0 bridgehead atoms. The monoisotopic (exact) mass is 297 g/mol. The van der Waals surface area contributed by atoms with E-state index in [2.05, 4.69) is 5.32 Å². The third-order valence-electron chi connectivity index (χ3n) is 3.05. The summed E-state index contributed by atoms with van der Waals surface area (Å²) in [4.78, 5) is 0. The fraction of sp³-hybridized carbons (Fsp3) is 0.200. The van der Waals surface area contributed by atoms with Crippen molar-refractivity contribution in [1.29, 1.82) is 0 Å². The highest BCUT2D eigenvalue weighted by Gasteiger charge is 2.12. The normalized spacial score (nSPS) is 12.4. The van der Waals surface area contributed by atoms with Crippen LogP contribution in [-0.4, -0.2) is 7.05 Å². The van der Waals surface area contributed by atoms with E-state index in [1.807, 2.05) is 31.3 Å². The minimum atomic E-state index is -0.273. The predicted molar refractivity (Wildman–Crippen MR) is 78.4 cm³/mol. The minimum Gasteiger partial charge on any atom is -0.313 e. The van der Waals surface area contributed by atoms with Crippen LogP contribution in [0.1, 0.15) is 17.2 Å². The van der Waals surface area contributed by atoms with Crippen LogP contribution in [0.2, 0.25) is 10.0 Å². The molecule has 0 amide bonds. The van der Waals surface area contributed by atoms with Crippen molar-refractivity contribution in [3.8, 4) is 0 Å². The van der Waals surface area contributed by atoms with Crippen molar-refractivity contribution in [2.75, 3.05) is 7.05 Å². The Morgan fingerprint density at radius 2 is 1.79 bits per heavy atom. The molecule has 0 saturated carbocycles. The summed E-state index contributed by atoms with van der Waals surface area (Å²) >= 11 is 12.0. The Kier molecular flexibility index (Phi) is 4.81. The summed E-state index contributed by atoms with van der Waals surface area (Å²) in [5.74, 6) is -0.273. The maximum absolute atomic E-state index is 13.3. The third-order valence-corrected chi connectivity index (χ3v) is 3.67. The molecule has 4 heteroatoms. The first-order valence-electron chi connectivity index (χ1n) is 5.97. The smallest absolute Gasteiger partial charge is 0.123 e. The summed E-state index contributed by atoms with van der Waals surface area (Å²) in [5.41, 5.74) is 1.88. The van der Waals surface area contributed by atoms with E-state index in [-0.39, 0.29) is 11.9 Å². The number of likely N-dealkylation sites (N-methyl/N-ethyl adjacent to an activating group) is 1. The molecule has 100 valence electrons. The lowest BCUT2D eigenvalue weighted by Gasteiger charge is -2.17. The second-order valence-corrected chi connectivity index (χ2v) is 5.18. The van der Waals surface area contributed by atoms with Gasteiger partial charge in [0.05, 0.1) is 0 Å². The Morgan fingerprint density at radius 3 is 2.42 bits per heavy atom. The largest absolute Gasteiger partial charge is 0.313 e. The van der Waals surface area contributed by atoms with Crippen LogP contribution in [0.3, 0.4) is 0 Å². The lowest BCUT2D eigenvalue weighted by atomic mass is 9.99. The quantitative estimate of drug-likeness (QED) is 0.867. The third kappa shape index (κ3) is 3.69. The van der Waals surface area contributed by atoms with Crippen molar-refractivity contribution in [2.24, 2.45) is 0 Å². The van der Waals surface area contributed by atoms with Crippen LogP contribution in [0.5, 0.6) is 0 Å². The Bertz CT molecular complexity index is 555. The molecule has 0 aliphatic heterocycles. The maximum Gasteiger partial charge on any atom is 0.123 e. The van der Waals surface area contributed by atoms with Crippen molar-refractivity contribution in [1.82, 2.24) is 5.32 Å². The number of rotatable bonds is 4. The predicted octanol–water partition coefficient (Wildman–Crippen LogP) is 4.64. The minimum absolute atomic E-state index is 0.0663. The van der Waals surface area contributed by atoms with Gasteiger partial charge in [-0.2, -0.15) is 0 Å². The summed E-state index contributed by atoms with van der Waals surface area (Å²) < 4.78 is 13.3. The molecule has 0 aromatic heterocycles. The molecule has 19 heavy (non-hydrogen) atoms. The zero-order chi connectivity index (χ0) is 13.8. The first kappa shape index (κ1) is 14.3. The van der Waals surface area contributed by atoms with Gasteiger partial charge in [-0.25, -0.2) is 4.39 Å². The Hall–Kier alpha value is -1.09. The molecule has 2 rings (SSSR count). The van der Waals surface area contributed by atoms with Gasteiger partial charge in [-0.15, -0.1) is 0 Å². The highest BCUT2D eigenvalue weighted by molar-refractivity contribution is 6.31. The van der Waals surface area contributed by atoms with Crippen LogP contribution >= 0.6 is 23.2 Å². The molecule has 1 nitrogen and oxygen atoms in total. The first-order chi connectivity index (χ1) is 9.10. The summed E-state index contributed by atoms with van der Waals surface area (Å²) in [6, 6.07) is 12.1. The number of nitrogens with one attached hydrogen (secondary N) is 1. The lowest BCUT2D eigenvalue weighted by molar-refractivity contribution is 0.584. The van der Waals surface area contributed by atoms with E-state index in [9.17, 15) is 4.39 Å². The maximum atomic E-state index is 13.3. The molecule has 1 unspecified atom stereocenters. The summed E-state index contributed by atoms with van der Waals surface area (Å²) in [6.07, 6.45) is 0.620. The standard InChI is InChI=1S/C15H14Cl2FN/c1-19-15(10-2-4-12(16)5-3-10)9-11-8-13(18)6-7-14(11)17/h2-8,15,19H,9H2,1H3.